The number of carbonyl (C=O) groups excluding carboxylic acids is 1. The van der Waals surface area contributed by atoms with Crippen LogP contribution >= 0.6 is 0 Å². The van der Waals surface area contributed by atoms with Crippen molar-refractivity contribution in [2.45, 2.75) is 44.9 Å². The second kappa shape index (κ2) is 9.34. The molecule has 0 atom stereocenters. The van der Waals surface area contributed by atoms with E-state index >= 15 is 0 Å². The van der Waals surface area contributed by atoms with Crippen LogP contribution in [0.1, 0.15) is 44.9 Å². The molecule has 1 rings (SSSR count). The fourth-order valence-electron chi connectivity index (χ4n) is 2.65. The Kier molecular flexibility index (Phi) is 8.01. The van der Waals surface area contributed by atoms with Crippen LogP contribution in [0, 0.1) is 5.92 Å². The number of nitrogens with zero attached hydrogens (tertiary/aromatic N) is 1. The summed E-state index contributed by atoms with van der Waals surface area (Å²) >= 11 is 0. The molecule has 0 radical (unpaired) electrons. The Hall–Kier alpha value is -0.610. The predicted molar refractivity (Wildman–Crippen MR) is 73.4 cm³/mol. The van der Waals surface area contributed by atoms with Crippen LogP contribution < -0.4 is 5.32 Å². The predicted octanol–water partition coefficient (Wildman–Crippen LogP) is 1.39. The van der Waals surface area contributed by atoms with Crippen LogP contribution in [0.5, 0.6) is 0 Å². The average molecular weight is 256 g/mol. The van der Waals surface area contributed by atoms with Crippen LogP contribution in [-0.2, 0) is 4.79 Å². The average Bonchev–Trinajstić information content (AvgIpc) is 2.36. The summed E-state index contributed by atoms with van der Waals surface area (Å²) in [5.74, 6) is 0.960. The van der Waals surface area contributed by atoms with Crippen molar-refractivity contribution in [2.24, 2.45) is 5.92 Å². The van der Waals surface area contributed by atoms with E-state index in [0.717, 1.165) is 18.9 Å². The topological polar surface area (TPSA) is 52.6 Å². The fourth-order valence-corrected chi connectivity index (χ4v) is 2.65. The van der Waals surface area contributed by atoms with Crippen molar-refractivity contribution in [2.75, 3.05) is 33.3 Å². The summed E-state index contributed by atoms with van der Waals surface area (Å²) in [6.07, 6.45) is 9.31. The molecule has 0 aliphatic heterocycles. The first-order chi connectivity index (χ1) is 8.72. The highest BCUT2D eigenvalue weighted by molar-refractivity contribution is 5.77. The van der Waals surface area contributed by atoms with Crippen LogP contribution in [0.2, 0.25) is 0 Å². The minimum Gasteiger partial charge on any atom is -0.395 e. The highest BCUT2D eigenvalue weighted by Crippen LogP contribution is 2.26. The summed E-state index contributed by atoms with van der Waals surface area (Å²) in [6, 6.07) is 0. The lowest BCUT2D eigenvalue weighted by Crippen LogP contribution is -2.36. The van der Waals surface area contributed by atoms with Gasteiger partial charge in [-0.05, 0) is 25.8 Å². The van der Waals surface area contributed by atoms with Crippen LogP contribution in [0.25, 0.3) is 0 Å². The van der Waals surface area contributed by atoms with Crippen molar-refractivity contribution < 1.29 is 9.90 Å². The summed E-state index contributed by atoms with van der Waals surface area (Å²) in [7, 11) is 1.85. The maximum Gasteiger partial charge on any atom is 0.234 e. The SMILES string of the molecule is CN(CCO)CC(=O)NCCCC1CCCCC1. The Morgan fingerprint density at radius 1 is 1.33 bits per heavy atom. The molecule has 0 aromatic carbocycles. The zero-order valence-corrected chi connectivity index (χ0v) is 11.7. The van der Waals surface area contributed by atoms with E-state index in [9.17, 15) is 4.79 Å². The zero-order chi connectivity index (χ0) is 13.2. The van der Waals surface area contributed by atoms with Crippen LogP contribution in [0.15, 0.2) is 0 Å². The molecule has 0 aromatic heterocycles. The van der Waals surface area contributed by atoms with Crippen molar-refractivity contribution >= 4 is 5.91 Å². The monoisotopic (exact) mass is 256 g/mol. The Morgan fingerprint density at radius 3 is 2.72 bits per heavy atom. The van der Waals surface area contributed by atoms with Crippen molar-refractivity contribution in [3.63, 3.8) is 0 Å². The van der Waals surface area contributed by atoms with E-state index in [1.54, 1.807) is 0 Å². The standard InChI is InChI=1S/C14H28N2O2/c1-16(10-11-17)12-14(18)15-9-5-8-13-6-3-2-4-7-13/h13,17H,2-12H2,1H3,(H,15,18). The highest BCUT2D eigenvalue weighted by Gasteiger charge is 2.12. The fraction of sp³-hybridized carbons (Fsp3) is 0.929. The number of aliphatic hydroxyl groups is 1. The van der Waals surface area contributed by atoms with Gasteiger partial charge in [-0.25, -0.2) is 0 Å². The van der Waals surface area contributed by atoms with Crippen LogP contribution in [0.3, 0.4) is 0 Å². The third-order valence-corrected chi connectivity index (χ3v) is 3.73. The number of hydrogen-bond donors (Lipinski definition) is 2. The first-order valence-electron chi connectivity index (χ1n) is 7.28. The van der Waals surface area contributed by atoms with Gasteiger partial charge in [0.05, 0.1) is 13.2 Å². The second-order valence-electron chi connectivity index (χ2n) is 5.46. The molecule has 1 aliphatic carbocycles. The molecule has 0 unspecified atom stereocenters. The highest BCUT2D eigenvalue weighted by atomic mass is 16.3. The van der Waals surface area contributed by atoms with Crippen molar-refractivity contribution in [3.8, 4) is 0 Å². The molecule has 2 N–H and O–H groups in total. The molecule has 0 bridgehead atoms. The second-order valence-corrected chi connectivity index (χ2v) is 5.46. The number of likely N-dealkylation sites (N-methyl/N-ethyl adjacent to an activating group) is 1. The summed E-state index contributed by atoms with van der Waals surface area (Å²) in [5, 5.41) is 11.7. The van der Waals surface area contributed by atoms with E-state index in [2.05, 4.69) is 5.32 Å². The van der Waals surface area contributed by atoms with Crippen molar-refractivity contribution in [3.05, 3.63) is 0 Å². The van der Waals surface area contributed by atoms with Crippen LogP contribution in [-0.4, -0.2) is 49.2 Å². The molecule has 18 heavy (non-hydrogen) atoms. The van der Waals surface area contributed by atoms with Crippen molar-refractivity contribution in [1.82, 2.24) is 10.2 Å². The number of carbonyl (C=O) groups is 1. The van der Waals surface area contributed by atoms with E-state index in [1.807, 2.05) is 11.9 Å². The van der Waals surface area contributed by atoms with Gasteiger partial charge in [0, 0.05) is 13.1 Å². The lowest BCUT2D eigenvalue weighted by molar-refractivity contribution is -0.122. The van der Waals surface area contributed by atoms with Gasteiger partial charge in [0.15, 0.2) is 0 Å². The third kappa shape index (κ3) is 6.97. The molecule has 1 amide bonds. The van der Waals surface area contributed by atoms with Gasteiger partial charge in [0.25, 0.3) is 0 Å². The van der Waals surface area contributed by atoms with E-state index in [-0.39, 0.29) is 12.5 Å². The largest absolute Gasteiger partial charge is 0.395 e. The molecule has 0 heterocycles. The number of aliphatic hydroxyl groups excluding tert-OH is 1. The van der Waals surface area contributed by atoms with Gasteiger partial charge in [0.2, 0.25) is 5.91 Å². The van der Waals surface area contributed by atoms with Gasteiger partial charge < -0.3 is 10.4 Å². The van der Waals surface area contributed by atoms with E-state index in [1.165, 1.54) is 38.5 Å². The molecule has 0 spiro atoms. The third-order valence-electron chi connectivity index (χ3n) is 3.73. The van der Waals surface area contributed by atoms with E-state index < -0.39 is 0 Å². The number of nitrogens with one attached hydrogen (secondary N) is 1. The van der Waals surface area contributed by atoms with Gasteiger partial charge in [-0.15, -0.1) is 0 Å². The Bertz CT molecular complexity index is 228. The molecule has 106 valence electrons. The summed E-state index contributed by atoms with van der Waals surface area (Å²) in [6.45, 7) is 1.83. The molecule has 0 aromatic rings. The van der Waals surface area contributed by atoms with Gasteiger partial charge in [-0.3, -0.25) is 9.69 Å². The smallest absolute Gasteiger partial charge is 0.234 e. The van der Waals surface area contributed by atoms with E-state index in [4.69, 9.17) is 5.11 Å². The molecule has 4 heteroatoms. The quantitative estimate of drug-likeness (QED) is 0.645. The Morgan fingerprint density at radius 2 is 2.06 bits per heavy atom. The first-order valence-corrected chi connectivity index (χ1v) is 7.28. The lowest BCUT2D eigenvalue weighted by atomic mass is 9.86. The Balaban J connectivity index is 1.97. The summed E-state index contributed by atoms with van der Waals surface area (Å²) < 4.78 is 0. The lowest BCUT2D eigenvalue weighted by Gasteiger charge is -2.21. The summed E-state index contributed by atoms with van der Waals surface area (Å²) in [5.41, 5.74) is 0. The maximum absolute atomic E-state index is 11.5. The molecule has 0 saturated heterocycles. The summed E-state index contributed by atoms with van der Waals surface area (Å²) in [4.78, 5) is 13.4. The van der Waals surface area contributed by atoms with Gasteiger partial charge >= 0.3 is 0 Å². The molecule has 1 saturated carbocycles. The number of hydrogen-bond acceptors (Lipinski definition) is 3. The Labute approximate surface area is 111 Å². The van der Waals surface area contributed by atoms with E-state index in [0.29, 0.717) is 13.1 Å². The molecule has 1 fully saturated rings. The van der Waals surface area contributed by atoms with Gasteiger partial charge in [0.1, 0.15) is 0 Å². The number of amides is 1. The minimum absolute atomic E-state index is 0.0644. The normalized spacial score (nSPS) is 17.1. The van der Waals surface area contributed by atoms with Crippen LogP contribution in [0.4, 0.5) is 0 Å². The number of rotatable bonds is 8. The maximum atomic E-state index is 11.5. The van der Waals surface area contributed by atoms with Gasteiger partial charge in [-0.1, -0.05) is 32.1 Å². The molecular formula is C14H28N2O2. The zero-order valence-electron chi connectivity index (χ0n) is 11.7. The van der Waals surface area contributed by atoms with Gasteiger partial charge in [-0.2, -0.15) is 0 Å². The molecule has 1 aliphatic rings. The molecular weight excluding hydrogens is 228 g/mol. The van der Waals surface area contributed by atoms with Crippen molar-refractivity contribution in [1.29, 1.82) is 0 Å². The molecule has 4 nitrogen and oxygen atoms in total. The minimum atomic E-state index is 0.0644. The first kappa shape index (κ1) is 15.4.